The summed E-state index contributed by atoms with van der Waals surface area (Å²) in [6, 6.07) is 9.96. The number of fused-ring (bicyclic) bond motifs is 1. The van der Waals surface area contributed by atoms with E-state index < -0.39 is 5.82 Å². The summed E-state index contributed by atoms with van der Waals surface area (Å²) in [5, 5.41) is 3.06. The smallest absolute Gasteiger partial charge is 0.257 e. The van der Waals surface area contributed by atoms with E-state index in [2.05, 4.69) is 15.2 Å². The van der Waals surface area contributed by atoms with E-state index in [9.17, 15) is 14.0 Å². The number of pyridine rings is 2. The Morgan fingerprint density at radius 1 is 1.25 bits per heavy atom. The average molecular weight is 564 g/mol. The summed E-state index contributed by atoms with van der Waals surface area (Å²) < 4.78 is 23.2. The Bertz CT molecular complexity index is 1580. The summed E-state index contributed by atoms with van der Waals surface area (Å²) in [7, 11) is 0. The number of carbonyl (C=O) groups excluding carboxylic acids is 1. The lowest BCUT2D eigenvalue weighted by Crippen LogP contribution is -2.40. The minimum Gasteiger partial charge on any atom is -0.369 e. The predicted octanol–water partition coefficient (Wildman–Crippen LogP) is 4.36. The summed E-state index contributed by atoms with van der Waals surface area (Å²) in [6.45, 7) is 8.00. The highest BCUT2D eigenvalue weighted by Gasteiger charge is 2.36. The minimum absolute atomic E-state index is 0.0527. The van der Waals surface area contributed by atoms with Crippen molar-refractivity contribution in [1.82, 2.24) is 19.3 Å². The average Bonchev–Trinajstić information content (AvgIpc) is 3.68. The number of anilines is 1. The number of amides is 1. The number of aryl methyl sites for hydroxylation is 1. The van der Waals surface area contributed by atoms with Crippen LogP contribution in [0.15, 0.2) is 47.4 Å². The molecule has 2 fully saturated rings. The molecule has 1 N–H and O–H groups in total. The first-order valence-electron chi connectivity index (χ1n) is 13.5. The van der Waals surface area contributed by atoms with Crippen molar-refractivity contribution in [2.75, 3.05) is 24.6 Å². The molecule has 3 aromatic rings. The lowest BCUT2D eigenvalue weighted by atomic mass is 9.99. The molecule has 208 valence electrons. The second-order valence-corrected chi connectivity index (χ2v) is 11.3. The summed E-state index contributed by atoms with van der Waals surface area (Å²) in [6.07, 6.45) is 3.95. The highest BCUT2D eigenvalue weighted by molar-refractivity contribution is 6.19. The molecule has 40 heavy (non-hydrogen) atoms. The first-order chi connectivity index (χ1) is 19.2. The van der Waals surface area contributed by atoms with Crippen molar-refractivity contribution in [2.24, 2.45) is 0 Å². The van der Waals surface area contributed by atoms with Gasteiger partial charge in [-0.15, -0.1) is 0 Å². The van der Waals surface area contributed by atoms with Crippen LogP contribution in [0.25, 0.3) is 17.5 Å². The van der Waals surface area contributed by atoms with Crippen molar-refractivity contribution in [3.05, 3.63) is 86.8 Å². The minimum atomic E-state index is -0.397. The fourth-order valence-electron chi connectivity index (χ4n) is 5.66. The number of carbonyl (C=O) groups is 1. The van der Waals surface area contributed by atoms with Crippen molar-refractivity contribution in [1.29, 1.82) is 0 Å². The van der Waals surface area contributed by atoms with E-state index in [0.717, 1.165) is 34.6 Å². The molecule has 0 bridgehead atoms. The number of rotatable bonds is 6. The molecule has 3 aliphatic heterocycles. The maximum atomic E-state index is 14.9. The third-order valence-corrected chi connectivity index (χ3v) is 8.05. The molecule has 2 saturated heterocycles. The van der Waals surface area contributed by atoms with Crippen LogP contribution in [0, 0.1) is 12.7 Å². The van der Waals surface area contributed by atoms with Gasteiger partial charge in [-0.05, 0) is 49.1 Å². The van der Waals surface area contributed by atoms with Crippen molar-refractivity contribution >= 4 is 35.1 Å². The first-order valence-corrected chi connectivity index (χ1v) is 13.9. The van der Waals surface area contributed by atoms with Gasteiger partial charge in [-0.25, -0.2) is 4.39 Å². The molecule has 2 atom stereocenters. The van der Waals surface area contributed by atoms with E-state index in [1.54, 1.807) is 41.1 Å². The maximum absolute atomic E-state index is 14.9. The molecule has 1 unspecified atom stereocenters. The Labute approximate surface area is 237 Å². The summed E-state index contributed by atoms with van der Waals surface area (Å²) in [5.41, 5.74) is 5.32. The lowest BCUT2D eigenvalue weighted by molar-refractivity contribution is -0.122. The number of nitrogens with zero attached hydrogens (tertiary/aromatic N) is 4. The van der Waals surface area contributed by atoms with Crippen LogP contribution >= 0.6 is 11.8 Å². The number of ether oxygens (including phenoxy) is 1. The van der Waals surface area contributed by atoms with Crippen LogP contribution in [0.5, 0.6) is 0 Å². The van der Waals surface area contributed by atoms with Crippen molar-refractivity contribution in [2.45, 2.75) is 51.8 Å². The van der Waals surface area contributed by atoms with Gasteiger partial charge in [-0.3, -0.25) is 23.6 Å². The fourth-order valence-corrected chi connectivity index (χ4v) is 5.92. The molecular weight excluding hydrogens is 533 g/mol. The fraction of sp³-hybridized carbons (Fsp3) is 0.367. The molecule has 1 aromatic carbocycles. The van der Waals surface area contributed by atoms with E-state index in [4.69, 9.17) is 16.5 Å². The second kappa shape index (κ2) is 10.4. The zero-order chi connectivity index (χ0) is 28.1. The summed E-state index contributed by atoms with van der Waals surface area (Å²) >= 11 is 6.80. The van der Waals surface area contributed by atoms with Crippen LogP contribution in [0.2, 0.25) is 0 Å². The number of nitrogens with one attached hydrogen (secondary N) is 1. The van der Waals surface area contributed by atoms with E-state index >= 15 is 0 Å². The molecule has 8 nitrogen and oxygen atoms in total. The van der Waals surface area contributed by atoms with Gasteiger partial charge in [0.1, 0.15) is 5.82 Å². The predicted molar refractivity (Wildman–Crippen MR) is 153 cm³/mol. The maximum Gasteiger partial charge on any atom is 0.257 e. The highest BCUT2D eigenvalue weighted by Crippen LogP contribution is 2.39. The number of benzene rings is 1. The number of halogens is 2. The molecule has 0 aliphatic carbocycles. The van der Waals surface area contributed by atoms with Gasteiger partial charge in [0.2, 0.25) is 0 Å². The Hall–Kier alpha value is -3.69. The van der Waals surface area contributed by atoms with Crippen molar-refractivity contribution in [3.63, 3.8) is 0 Å². The summed E-state index contributed by atoms with van der Waals surface area (Å²) in [5.74, 6) is -0.424. The number of hydrogen-bond acceptors (Lipinski definition) is 6. The number of hydrogen-bond donors (Lipinski definition) is 1. The van der Waals surface area contributed by atoms with Crippen LogP contribution in [0.1, 0.15) is 54.3 Å². The molecule has 2 aromatic heterocycles. The van der Waals surface area contributed by atoms with Crippen LogP contribution in [-0.4, -0.2) is 51.7 Å². The third kappa shape index (κ3) is 4.77. The van der Waals surface area contributed by atoms with Gasteiger partial charge in [0.25, 0.3) is 11.5 Å². The monoisotopic (exact) mass is 563 g/mol. The zero-order valence-electron chi connectivity index (χ0n) is 22.7. The standard InChI is InChI=1S/C30H31ClFN5O3/c1-17(2)28-29(18(3)8-10-33-28)37-25-12-24(20-6-4-5-7-22(20)32)36(31)15-21(25)23(13-27(37)38)35-11-9-19(14-35)34-30(39)26-16-40-26/h4-8,10,12-13,17,19,26H,9,11,14-16H2,1-3H3,(H,34,39)/t19-,26?/m1/s1. The van der Waals surface area contributed by atoms with Gasteiger partial charge in [-0.1, -0.05) is 26.0 Å². The second-order valence-electron chi connectivity index (χ2n) is 10.9. The van der Waals surface area contributed by atoms with Gasteiger partial charge < -0.3 is 15.0 Å². The lowest BCUT2D eigenvalue weighted by Gasteiger charge is -2.32. The SMILES string of the molecule is Cc1ccnc(C(C)C)c1-n1c2c(c(N3CC[C@@H](NC(=O)C4CO4)C3)cc1=O)CN(Cl)C(c1ccccc1F)=C2. The van der Waals surface area contributed by atoms with E-state index in [0.29, 0.717) is 36.7 Å². The molecular formula is C30H31ClFN5O3. The zero-order valence-corrected chi connectivity index (χ0v) is 23.4. The van der Waals surface area contributed by atoms with E-state index in [1.165, 1.54) is 10.5 Å². The quantitative estimate of drug-likeness (QED) is 0.354. The molecule has 0 radical (unpaired) electrons. The topological polar surface area (TPSA) is 83.0 Å². The molecule has 6 rings (SSSR count). The highest BCUT2D eigenvalue weighted by atomic mass is 35.5. The molecule has 5 heterocycles. The van der Waals surface area contributed by atoms with Gasteiger partial charge in [-0.2, -0.15) is 0 Å². The van der Waals surface area contributed by atoms with Crippen LogP contribution < -0.4 is 15.8 Å². The van der Waals surface area contributed by atoms with Crippen LogP contribution in [-0.2, 0) is 16.1 Å². The Morgan fingerprint density at radius 3 is 2.75 bits per heavy atom. The van der Waals surface area contributed by atoms with Crippen LogP contribution in [0.4, 0.5) is 10.1 Å². The normalized spacial score (nSPS) is 20.0. The Morgan fingerprint density at radius 2 is 2.02 bits per heavy atom. The molecule has 10 heteroatoms. The molecule has 0 saturated carbocycles. The first kappa shape index (κ1) is 26.5. The van der Waals surface area contributed by atoms with E-state index in [1.807, 2.05) is 26.8 Å². The van der Waals surface area contributed by atoms with Gasteiger partial charge in [0, 0.05) is 60.0 Å². The van der Waals surface area contributed by atoms with E-state index in [-0.39, 0.29) is 36.1 Å². The van der Waals surface area contributed by atoms with Gasteiger partial charge in [0.05, 0.1) is 35.9 Å². The Balaban J connectivity index is 1.52. The summed E-state index contributed by atoms with van der Waals surface area (Å²) in [4.78, 5) is 33.0. The third-order valence-electron chi connectivity index (χ3n) is 7.75. The van der Waals surface area contributed by atoms with Crippen molar-refractivity contribution < 1.29 is 13.9 Å². The number of aromatic nitrogens is 2. The number of epoxide rings is 1. The Kier molecular flexibility index (Phi) is 6.88. The van der Waals surface area contributed by atoms with Gasteiger partial charge in [0.15, 0.2) is 6.10 Å². The van der Waals surface area contributed by atoms with Crippen molar-refractivity contribution in [3.8, 4) is 5.69 Å². The molecule has 0 spiro atoms. The molecule has 3 aliphatic rings. The van der Waals surface area contributed by atoms with Crippen LogP contribution in [0.3, 0.4) is 0 Å². The largest absolute Gasteiger partial charge is 0.369 e. The molecule has 1 amide bonds. The van der Waals surface area contributed by atoms with Gasteiger partial charge >= 0.3 is 0 Å².